The molecular weight excluding hydrogens is 1450 g/mol. The molecule has 5 aromatic heterocycles. The molecule has 0 radical (unpaired) electrons. The van der Waals surface area contributed by atoms with Crippen LogP contribution in [-0.2, 0) is 0 Å². The lowest BCUT2D eigenvalue weighted by Crippen LogP contribution is -1.99. The maximum Gasteiger partial charge on any atom is 0.163 e. The minimum absolute atomic E-state index is 0.689. The third-order valence-electron chi connectivity index (χ3n) is 19.6. The molecule has 0 spiro atoms. The second kappa shape index (κ2) is 39.0. The molecule has 572 valence electrons. The molecule has 0 aliphatic carbocycles. The fourth-order valence-corrected chi connectivity index (χ4v) is 13.6. The van der Waals surface area contributed by atoms with Crippen LogP contribution in [0.25, 0.3) is 158 Å². The maximum atomic E-state index is 4.77. The van der Waals surface area contributed by atoms with E-state index in [1.807, 2.05) is 216 Å². The third kappa shape index (κ3) is 21.3. The van der Waals surface area contributed by atoms with E-state index in [0.717, 1.165) is 107 Å². The Balaban J connectivity index is 0.000000118. The standard InChI is InChI=1S/C29H22N2.C28H21N3.C18H15N.C17H14N2.C16H13N3/c1-21-30-28(26-16-12-24(13-17-26)22-8-4-2-5-9-22)20-29(31-21)27-18-14-25(15-19-27)23-10-6-3-7-11-23;1-20-29-27(25-16-12-23(13-17-25)21-8-4-2-5-9-21)31-28(30-20)26-18-14-24(15-19-26)22-10-6-3-7-11-22;1-14-12-17(15-8-4-2-5-9-15)19-18(13-14)16-10-6-3-7-11-16;1-13-18-16(14-8-4-2-5-9-14)12-17(19-13)15-10-6-3-7-11-15;1-12-17-15(13-8-4-2-5-9-13)19-16(18-12)14-10-6-3-7-11-14/h2-20H,1H3;2-19H,1H3;2-13H,1H3;2-12H,1H3;2-11H,1H3. The van der Waals surface area contributed by atoms with E-state index in [0.29, 0.717) is 29.1 Å². The van der Waals surface area contributed by atoms with Crippen LogP contribution in [0.4, 0.5) is 0 Å². The predicted molar refractivity (Wildman–Crippen MR) is 488 cm³/mol. The van der Waals surface area contributed by atoms with Crippen molar-refractivity contribution < 1.29 is 0 Å². The number of benzene rings is 14. The fraction of sp³-hybridized carbons (Fsp3) is 0.0463. The topological polar surface area (TPSA) is 142 Å². The average Bonchev–Trinajstić information content (AvgIpc) is 0.798. The zero-order valence-electron chi connectivity index (χ0n) is 66.8. The Labute approximate surface area is 696 Å². The molecule has 0 unspecified atom stereocenters. The van der Waals surface area contributed by atoms with Crippen molar-refractivity contribution in [3.63, 3.8) is 0 Å². The Morgan fingerprint density at radius 2 is 0.261 bits per heavy atom. The van der Waals surface area contributed by atoms with E-state index in [1.165, 1.54) is 50.1 Å². The molecule has 0 N–H and O–H groups in total. The van der Waals surface area contributed by atoms with Gasteiger partial charge in [0.25, 0.3) is 0 Å². The molecule has 0 atom stereocenters. The molecule has 0 saturated carbocycles. The molecule has 11 heteroatoms. The van der Waals surface area contributed by atoms with Gasteiger partial charge in [0, 0.05) is 55.6 Å². The molecule has 0 aliphatic rings. The van der Waals surface area contributed by atoms with Crippen molar-refractivity contribution in [2.24, 2.45) is 0 Å². The normalized spacial score (nSPS) is 10.6. The molecule has 0 aliphatic heterocycles. The quantitative estimate of drug-likeness (QED) is 0.103. The number of rotatable bonds is 14. The van der Waals surface area contributed by atoms with Gasteiger partial charge in [-0.15, -0.1) is 0 Å². The second-order valence-corrected chi connectivity index (χ2v) is 28.3. The molecule has 0 bridgehead atoms. The zero-order valence-corrected chi connectivity index (χ0v) is 66.8. The van der Waals surface area contributed by atoms with Crippen molar-refractivity contribution in [2.75, 3.05) is 0 Å². The van der Waals surface area contributed by atoms with Gasteiger partial charge in [0.05, 0.1) is 34.2 Å². The molecular formula is C108H85N11. The van der Waals surface area contributed by atoms with Crippen molar-refractivity contribution in [3.8, 4) is 158 Å². The number of aromatic nitrogens is 11. The highest BCUT2D eigenvalue weighted by Gasteiger charge is 2.15. The number of pyridine rings is 1. The number of nitrogens with zero attached hydrogens (tertiary/aromatic N) is 11. The molecule has 19 rings (SSSR count). The largest absolute Gasteiger partial charge is 0.248 e. The Bertz CT molecular complexity index is 5540. The maximum absolute atomic E-state index is 4.77. The summed E-state index contributed by atoms with van der Waals surface area (Å²) < 4.78 is 0. The van der Waals surface area contributed by atoms with Crippen molar-refractivity contribution in [1.29, 1.82) is 0 Å². The molecule has 0 fully saturated rings. The van der Waals surface area contributed by atoms with Gasteiger partial charge < -0.3 is 0 Å². The smallest absolute Gasteiger partial charge is 0.163 e. The van der Waals surface area contributed by atoms with Gasteiger partial charge in [0.1, 0.15) is 23.3 Å². The molecule has 14 aromatic carbocycles. The molecule has 19 aromatic rings. The Morgan fingerprint density at radius 1 is 0.118 bits per heavy atom. The van der Waals surface area contributed by atoms with Crippen LogP contribution >= 0.6 is 0 Å². The summed E-state index contributed by atoms with van der Waals surface area (Å²) in [6.07, 6.45) is 0. The first-order valence-electron chi connectivity index (χ1n) is 39.6. The van der Waals surface area contributed by atoms with E-state index in [9.17, 15) is 0 Å². The molecule has 0 saturated heterocycles. The van der Waals surface area contributed by atoms with Crippen molar-refractivity contribution >= 4 is 0 Å². The van der Waals surface area contributed by atoms with Crippen LogP contribution in [0, 0.1) is 34.6 Å². The summed E-state index contributed by atoms with van der Waals surface area (Å²) in [6, 6.07) is 145. The van der Waals surface area contributed by atoms with Gasteiger partial charge in [-0.05, 0) is 109 Å². The Kier molecular flexibility index (Phi) is 25.8. The van der Waals surface area contributed by atoms with Crippen molar-refractivity contribution in [3.05, 3.63) is 454 Å². The van der Waals surface area contributed by atoms with Crippen molar-refractivity contribution in [1.82, 2.24) is 54.8 Å². The first-order valence-corrected chi connectivity index (χ1v) is 39.6. The number of hydrogen-bond acceptors (Lipinski definition) is 11. The molecule has 119 heavy (non-hydrogen) atoms. The first-order chi connectivity index (χ1) is 58.5. The molecule has 11 nitrogen and oxygen atoms in total. The third-order valence-corrected chi connectivity index (χ3v) is 19.6. The fourth-order valence-electron chi connectivity index (χ4n) is 13.6. The SMILES string of the molecule is Cc1cc(-c2ccccc2)nc(-c2ccccc2)c1.Cc1nc(-c2ccc(-c3ccccc3)cc2)cc(-c2ccc(-c3ccccc3)cc2)n1.Cc1nc(-c2ccc(-c3ccccc3)cc2)nc(-c2ccc(-c3ccccc3)cc2)n1.Cc1nc(-c2ccccc2)cc(-c2ccccc2)n1.Cc1nc(-c2ccccc2)nc(-c2ccccc2)n1. The van der Waals surface area contributed by atoms with Gasteiger partial charge in [-0.3, -0.25) is 0 Å². The van der Waals surface area contributed by atoms with Crippen LogP contribution in [0.15, 0.2) is 425 Å². The zero-order chi connectivity index (χ0) is 81.3. The Morgan fingerprint density at radius 3 is 0.479 bits per heavy atom. The van der Waals surface area contributed by atoms with Gasteiger partial charge in [-0.1, -0.05) is 400 Å². The monoisotopic (exact) mass is 1540 g/mol. The minimum atomic E-state index is 0.689. The molecule has 0 amide bonds. The summed E-state index contributed by atoms with van der Waals surface area (Å²) >= 11 is 0. The highest BCUT2D eigenvalue weighted by Crippen LogP contribution is 2.33. The van der Waals surface area contributed by atoms with E-state index in [2.05, 4.69) is 288 Å². The highest BCUT2D eigenvalue weighted by molar-refractivity contribution is 5.76. The van der Waals surface area contributed by atoms with Gasteiger partial charge >= 0.3 is 0 Å². The second-order valence-electron chi connectivity index (χ2n) is 28.3. The number of hydrogen-bond donors (Lipinski definition) is 0. The molecule has 5 heterocycles. The lowest BCUT2D eigenvalue weighted by atomic mass is 10.0. The van der Waals surface area contributed by atoms with E-state index < -0.39 is 0 Å². The van der Waals surface area contributed by atoms with E-state index in [-0.39, 0.29) is 0 Å². The summed E-state index contributed by atoms with van der Waals surface area (Å²) in [6.45, 7) is 9.79. The van der Waals surface area contributed by atoms with E-state index >= 15 is 0 Å². The number of aryl methyl sites for hydroxylation is 5. The van der Waals surface area contributed by atoms with Gasteiger partial charge in [0.15, 0.2) is 23.3 Å². The van der Waals surface area contributed by atoms with Crippen molar-refractivity contribution in [2.45, 2.75) is 34.6 Å². The lowest BCUT2D eigenvalue weighted by Gasteiger charge is -2.09. The summed E-state index contributed by atoms with van der Waals surface area (Å²) in [5.74, 6) is 5.81. The van der Waals surface area contributed by atoms with Crippen LogP contribution in [0.3, 0.4) is 0 Å². The summed E-state index contributed by atoms with van der Waals surface area (Å²) in [5, 5.41) is 0. The van der Waals surface area contributed by atoms with Gasteiger partial charge in [-0.25, -0.2) is 54.8 Å². The first kappa shape index (κ1) is 78.7. The van der Waals surface area contributed by atoms with E-state index in [4.69, 9.17) is 9.97 Å². The summed E-state index contributed by atoms with van der Waals surface area (Å²) in [7, 11) is 0. The van der Waals surface area contributed by atoms with Crippen LogP contribution in [-0.4, -0.2) is 54.8 Å². The van der Waals surface area contributed by atoms with Crippen LogP contribution < -0.4 is 0 Å². The van der Waals surface area contributed by atoms with E-state index in [1.54, 1.807) is 0 Å². The van der Waals surface area contributed by atoms with Crippen LogP contribution in [0.5, 0.6) is 0 Å². The predicted octanol–water partition coefficient (Wildman–Crippen LogP) is 26.7. The summed E-state index contributed by atoms with van der Waals surface area (Å²) in [4.78, 5) is 50.5. The van der Waals surface area contributed by atoms with Gasteiger partial charge in [-0.2, -0.15) is 0 Å². The Hall–Kier alpha value is -15.6. The highest BCUT2D eigenvalue weighted by atomic mass is 15.0. The minimum Gasteiger partial charge on any atom is -0.248 e. The van der Waals surface area contributed by atoms with Crippen LogP contribution in [0.2, 0.25) is 0 Å². The van der Waals surface area contributed by atoms with Crippen LogP contribution in [0.1, 0.15) is 28.9 Å². The average molecular weight is 1540 g/mol. The summed E-state index contributed by atoms with van der Waals surface area (Å²) in [5.41, 5.74) is 27.3. The lowest BCUT2D eigenvalue weighted by molar-refractivity contribution is 0.991. The van der Waals surface area contributed by atoms with Gasteiger partial charge in [0.2, 0.25) is 0 Å².